The average molecular weight is 783 g/mol. The van der Waals surface area contributed by atoms with Crippen LogP contribution in [0.25, 0.3) is 0 Å². The van der Waals surface area contributed by atoms with Crippen molar-refractivity contribution >= 4 is 23.2 Å². The fourth-order valence-corrected chi connectivity index (χ4v) is 6.72. The largest absolute Gasteiger partial charge is 0.368 e. The van der Waals surface area contributed by atoms with Crippen LogP contribution in [0.2, 0.25) is 0 Å². The first kappa shape index (κ1) is 39.4. The summed E-state index contributed by atoms with van der Waals surface area (Å²) in [5.41, 5.74) is -1.86. The molecule has 2 aliphatic rings. The minimum absolute atomic E-state index is 0.00602. The maximum atomic E-state index is 15.4. The van der Waals surface area contributed by atoms with Gasteiger partial charge >= 0.3 is 0 Å². The number of anilines is 2. The molecule has 55 heavy (non-hydrogen) atoms. The second-order valence-corrected chi connectivity index (χ2v) is 12.9. The van der Waals surface area contributed by atoms with Crippen LogP contribution in [0.3, 0.4) is 0 Å². The minimum atomic E-state index is -2.59. The zero-order valence-corrected chi connectivity index (χ0v) is 28.8. The summed E-state index contributed by atoms with van der Waals surface area (Å²) in [5, 5.41) is 0. The monoisotopic (exact) mass is 782 g/mol. The van der Waals surface area contributed by atoms with Crippen molar-refractivity contribution in [2.75, 3.05) is 62.2 Å². The number of benzene rings is 4. The molecule has 6 rings (SSSR count). The number of piperazine rings is 2. The topological polar surface area (TPSA) is 56.3 Å². The Labute approximate surface area is 308 Å². The number of hydrogen-bond acceptors (Lipinski definition) is 5. The predicted molar refractivity (Wildman–Crippen MR) is 179 cm³/mol. The summed E-state index contributed by atoms with van der Waals surface area (Å²) in [6.07, 6.45) is -7.63. The van der Waals surface area contributed by atoms with E-state index in [4.69, 9.17) is 4.74 Å². The molecule has 4 aromatic rings. The molecule has 7 nitrogen and oxygen atoms in total. The van der Waals surface area contributed by atoms with E-state index in [-0.39, 0.29) is 52.4 Å². The van der Waals surface area contributed by atoms with Gasteiger partial charge in [-0.2, -0.15) is 0 Å². The maximum absolute atomic E-state index is 15.4. The highest BCUT2D eigenvalue weighted by Crippen LogP contribution is 2.40. The van der Waals surface area contributed by atoms with Gasteiger partial charge in [0.05, 0.1) is 36.2 Å². The van der Waals surface area contributed by atoms with Crippen molar-refractivity contribution in [1.82, 2.24) is 9.80 Å². The van der Waals surface area contributed by atoms with Gasteiger partial charge in [-0.3, -0.25) is 9.59 Å². The molecule has 2 aliphatic heterocycles. The Morgan fingerprint density at radius 2 is 0.709 bits per heavy atom. The van der Waals surface area contributed by atoms with E-state index in [1.165, 1.54) is 9.80 Å². The minimum Gasteiger partial charge on any atom is -0.368 e. The van der Waals surface area contributed by atoms with Crippen molar-refractivity contribution in [2.45, 2.75) is 25.0 Å². The van der Waals surface area contributed by atoms with E-state index in [0.29, 0.717) is 0 Å². The van der Waals surface area contributed by atoms with E-state index in [1.54, 1.807) is 36.4 Å². The third-order valence-electron chi connectivity index (χ3n) is 9.69. The highest BCUT2D eigenvalue weighted by Gasteiger charge is 2.39. The van der Waals surface area contributed by atoms with Gasteiger partial charge in [0.25, 0.3) is 0 Å². The van der Waals surface area contributed by atoms with Gasteiger partial charge in [0.1, 0.15) is 0 Å². The first-order chi connectivity index (χ1) is 26.3. The molecule has 2 amide bonds. The Kier molecular flexibility index (Phi) is 11.9. The number of nitrogens with zero attached hydrogens (tertiary/aromatic N) is 4. The molecular formula is C38H32F10N4O3. The van der Waals surface area contributed by atoms with E-state index >= 15 is 17.6 Å². The van der Waals surface area contributed by atoms with Crippen LogP contribution in [0.1, 0.15) is 36.2 Å². The lowest BCUT2D eigenvalue weighted by Crippen LogP contribution is -2.49. The summed E-state index contributed by atoms with van der Waals surface area (Å²) in [6.45, 7) is 1.04. The van der Waals surface area contributed by atoms with Crippen LogP contribution < -0.4 is 9.80 Å². The Morgan fingerprint density at radius 3 is 1.00 bits per heavy atom. The normalized spacial score (nSPS) is 16.0. The van der Waals surface area contributed by atoms with Crippen molar-refractivity contribution in [2.24, 2.45) is 0 Å². The number of halogens is 10. The number of carbonyl (C=O) groups is 2. The molecule has 2 saturated heterocycles. The van der Waals surface area contributed by atoms with Crippen LogP contribution >= 0.6 is 0 Å². The highest BCUT2D eigenvalue weighted by atomic mass is 19.2. The number of para-hydroxylation sites is 2. The van der Waals surface area contributed by atoms with Gasteiger partial charge in [-0.05, 0) is 24.3 Å². The molecule has 0 aromatic heterocycles. The Hall–Kier alpha value is -5.32. The molecule has 2 fully saturated rings. The molecule has 0 saturated carbocycles. The number of amides is 2. The highest BCUT2D eigenvalue weighted by molar-refractivity contribution is 5.78. The van der Waals surface area contributed by atoms with Crippen LogP contribution in [0.15, 0.2) is 60.7 Å². The Morgan fingerprint density at radius 1 is 0.436 bits per heavy atom. The molecular weight excluding hydrogens is 750 g/mol. The van der Waals surface area contributed by atoms with Crippen molar-refractivity contribution in [1.29, 1.82) is 0 Å². The molecule has 0 radical (unpaired) electrons. The lowest BCUT2D eigenvalue weighted by atomic mass is 9.99. The number of rotatable bonds is 10. The molecule has 0 spiro atoms. The van der Waals surface area contributed by atoms with E-state index in [2.05, 4.69) is 0 Å². The molecule has 0 N–H and O–H groups in total. The SMILES string of the molecule is O=C(CC(OC(CC(=O)N1CCN(c2ccccc2)CC1)c1c(F)c(F)c(F)c(F)c1F)c1c(F)c(F)c(F)c(F)c1F)N1CCN(c2ccccc2)CC1. The van der Waals surface area contributed by atoms with Crippen molar-refractivity contribution < 1.29 is 58.2 Å². The van der Waals surface area contributed by atoms with Gasteiger partial charge < -0.3 is 24.3 Å². The summed E-state index contributed by atoms with van der Waals surface area (Å²) in [4.78, 5) is 33.5. The van der Waals surface area contributed by atoms with Crippen molar-refractivity contribution in [3.8, 4) is 0 Å². The molecule has 0 bridgehead atoms. The zero-order valence-electron chi connectivity index (χ0n) is 28.8. The lowest BCUT2D eigenvalue weighted by molar-refractivity contribution is -0.140. The summed E-state index contributed by atoms with van der Waals surface area (Å²) in [7, 11) is 0. The number of hydrogen-bond donors (Lipinski definition) is 0. The first-order valence-corrected chi connectivity index (χ1v) is 17.1. The summed E-state index contributed by atoms with van der Waals surface area (Å²) in [6, 6.07) is 18.0. The van der Waals surface area contributed by atoms with Gasteiger partial charge in [-0.1, -0.05) is 36.4 Å². The quantitative estimate of drug-likeness (QED) is 0.0958. The number of ether oxygens (including phenoxy) is 1. The molecule has 17 heteroatoms. The van der Waals surface area contributed by atoms with Crippen LogP contribution in [0, 0.1) is 58.2 Å². The third kappa shape index (κ3) is 8.07. The lowest BCUT2D eigenvalue weighted by Gasteiger charge is -2.37. The molecule has 0 aliphatic carbocycles. The molecule has 4 aromatic carbocycles. The van der Waals surface area contributed by atoms with Crippen LogP contribution in [0.5, 0.6) is 0 Å². The summed E-state index contributed by atoms with van der Waals surface area (Å²) < 4.78 is 154. The van der Waals surface area contributed by atoms with Crippen LogP contribution in [-0.2, 0) is 14.3 Å². The fraction of sp³-hybridized carbons (Fsp3) is 0.316. The maximum Gasteiger partial charge on any atom is 0.225 e. The third-order valence-corrected chi connectivity index (χ3v) is 9.69. The van der Waals surface area contributed by atoms with Gasteiger partial charge in [0.15, 0.2) is 46.5 Å². The van der Waals surface area contributed by atoms with Gasteiger partial charge in [-0.25, -0.2) is 43.9 Å². The number of carbonyl (C=O) groups excluding carboxylic acids is 2. The van der Waals surface area contributed by atoms with Gasteiger partial charge in [-0.15, -0.1) is 0 Å². The predicted octanol–water partition coefficient (Wildman–Crippen LogP) is 7.35. The summed E-state index contributed by atoms with van der Waals surface area (Å²) in [5.74, 6) is -26.8. The Balaban J connectivity index is 1.33. The Bertz CT molecular complexity index is 1840. The zero-order chi connectivity index (χ0) is 39.6. The van der Waals surface area contributed by atoms with Crippen LogP contribution in [0.4, 0.5) is 55.3 Å². The first-order valence-electron chi connectivity index (χ1n) is 17.1. The second-order valence-electron chi connectivity index (χ2n) is 12.9. The summed E-state index contributed by atoms with van der Waals surface area (Å²) >= 11 is 0. The molecule has 2 heterocycles. The molecule has 292 valence electrons. The van der Waals surface area contributed by atoms with E-state index in [0.717, 1.165) is 11.4 Å². The fourth-order valence-electron chi connectivity index (χ4n) is 6.72. The van der Waals surface area contributed by atoms with Gasteiger partial charge in [0.2, 0.25) is 23.4 Å². The van der Waals surface area contributed by atoms with Crippen molar-refractivity contribution in [3.63, 3.8) is 0 Å². The van der Waals surface area contributed by atoms with Crippen LogP contribution in [-0.4, -0.2) is 74.0 Å². The smallest absolute Gasteiger partial charge is 0.225 e. The van der Waals surface area contributed by atoms with Crippen molar-refractivity contribution in [3.05, 3.63) is 130 Å². The molecule has 2 unspecified atom stereocenters. The molecule has 2 atom stereocenters. The van der Waals surface area contributed by atoms with E-state index in [9.17, 15) is 35.9 Å². The van der Waals surface area contributed by atoms with E-state index < -0.39 is 106 Å². The van der Waals surface area contributed by atoms with Gasteiger partial charge in [0, 0.05) is 63.7 Å². The van der Waals surface area contributed by atoms with E-state index in [1.807, 2.05) is 34.1 Å². The average Bonchev–Trinajstić information content (AvgIpc) is 3.21. The standard InChI is InChI=1S/C38H32F10N4O3/c39-29-27(30(40)34(44)37(47)33(29)43)23(19-25(53)51-15-11-49(12-16-51)21-7-3-1-4-8-21)55-24(28-31(41)35(45)38(48)36(46)32(28)42)20-26(54)52-17-13-50(14-18-52)22-9-5-2-6-10-22/h1-10,23-24H,11-20H2. The second kappa shape index (κ2) is 16.6.